The maximum atomic E-state index is 6.06. The zero-order valence-electron chi connectivity index (χ0n) is 10.8. The van der Waals surface area contributed by atoms with Crippen molar-refractivity contribution in [3.8, 4) is 5.75 Å². The van der Waals surface area contributed by atoms with Crippen LogP contribution in [0, 0.1) is 5.92 Å². The Bertz CT molecular complexity index is 476. The average molecular weight is 241 g/mol. The number of ether oxygens (including phenoxy) is 1. The highest BCUT2D eigenvalue weighted by Crippen LogP contribution is 2.28. The fourth-order valence-electron chi connectivity index (χ4n) is 1.92. The van der Waals surface area contributed by atoms with E-state index in [2.05, 4.69) is 26.0 Å². The molecule has 0 bridgehead atoms. The second-order valence-electron chi connectivity index (χ2n) is 4.76. The molecule has 2 nitrogen and oxygen atoms in total. The molecule has 0 heterocycles. The van der Waals surface area contributed by atoms with E-state index in [1.807, 2.05) is 42.5 Å². The standard InChI is InChI=1S/C16H19NO/c1-12(2)16(13-6-4-3-5-7-13)18-15-10-8-14(17)9-11-15/h3-12,16H,17H2,1-2H3. The Balaban J connectivity index is 2.19. The van der Waals surface area contributed by atoms with E-state index in [1.165, 1.54) is 5.56 Å². The first-order valence-corrected chi connectivity index (χ1v) is 6.24. The van der Waals surface area contributed by atoms with E-state index in [0.717, 1.165) is 11.4 Å². The van der Waals surface area contributed by atoms with Gasteiger partial charge in [-0.25, -0.2) is 0 Å². The highest BCUT2D eigenvalue weighted by molar-refractivity contribution is 5.41. The predicted octanol–water partition coefficient (Wildman–Crippen LogP) is 4.04. The number of nitrogens with two attached hydrogens (primary N) is 1. The van der Waals surface area contributed by atoms with E-state index in [1.54, 1.807) is 0 Å². The summed E-state index contributed by atoms with van der Waals surface area (Å²) in [6, 6.07) is 17.8. The molecule has 2 aromatic rings. The van der Waals surface area contributed by atoms with Gasteiger partial charge in [-0.1, -0.05) is 44.2 Å². The summed E-state index contributed by atoms with van der Waals surface area (Å²) in [5.41, 5.74) is 7.62. The largest absolute Gasteiger partial charge is 0.485 e. The average Bonchev–Trinajstić information content (AvgIpc) is 2.38. The Morgan fingerprint density at radius 2 is 1.50 bits per heavy atom. The van der Waals surface area contributed by atoms with Crippen LogP contribution in [-0.4, -0.2) is 0 Å². The summed E-state index contributed by atoms with van der Waals surface area (Å²) >= 11 is 0. The van der Waals surface area contributed by atoms with Gasteiger partial charge < -0.3 is 10.5 Å². The lowest BCUT2D eigenvalue weighted by molar-refractivity contribution is 0.154. The topological polar surface area (TPSA) is 35.2 Å². The Morgan fingerprint density at radius 1 is 0.889 bits per heavy atom. The van der Waals surface area contributed by atoms with Gasteiger partial charge in [0.1, 0.15) is 11.9 Å². The fourth-order valence-corrected chi connectivity index (χ4v) is 1.92. The van der Waals surface area contributed by atoms with Crippen molar-refractivity contribution in [2.75, 3.05) is 5.73 Å². The molecule has 0 fully saturated rings. The molecule has 2 rings (SSSR count). The van der Waals surface area contributed by atoms with Crippen molar-refractivity contribution < 1.29 is 4.74 Å². The molecule has 94 valence electrons. The number of benzene rings is 2. The highest BCUT2D eigenvalue weighted by Gasteiger charge is 2.17. The first-order valence-electron chi connectivity index (χ1n) is 6.24. The molecule has 0 spiro atoms. The molecule has 2 heteroatoms. The van der Waals surface area contributed by atoms with Gasteiger partial charge in [0.25, 0.3) is 0 Å². The minimum absolute atomic E-state index is 0.0647. The van der Waals surface area contributed by atoms with Crippen LogP contribution in [0.3, 0.4) is 0 Å². The number of hydrogen-bond donors (Lipinski definition) is 1. The molecule has 2 aromatic carbocycles. The van der Waals surface area contributed by atoms with Crippen molar-refractivity contribution in [1.29, 1.82) is 0 Å². The molecule has 0 aromatic heterocycles. The normalized spacial score (nSPS) is 12.4. The van der Waals surface area contributed by atoms with Gasteiger partial charge in [0.05, 0.1) is 0 Å². The van der Waals surface area contributed by atoms with E-state index >= 15 is 0 Å². The molecule has 1 unspecified atom stereocenters. The number of nitrogen functional groups attached to an aromatic ring is 1. The van der Waals surface area contributed by atoms with Crippen molar-refractivity contribution in [1.82, 2.24) is 0 Å². The van der Waals surface area contributed by atoms with E-state index in [9.17, 15) is 0 Å². The molecule has 0 radical (unpaired) electrons. The van der Waals surface area contributed by atoms with Crippen molar-refractivity contribution >= 4 is 5.69 Å². The van der Waals surface area contributed by atoms with Crippen LogP contribution in [0.5, 0.6) is 5.75 Å². The zero-order chi connectivity index (χ0) is 13.0. The lowest BCUT2D eigenvalue weighted by atomic mass is 9.99. The second kappa shape index (κ2) is 5.58. The Labute approximate surface area is 108 Å². The first-order chi connectivity index (χ1) is 8.66. The third kappa shape index (κ3) is 3.04. The maximum absolute atomic E-state index is 6.06. The predicted molar refractivity (Wildman–Crippen MR) is 75.5 cm³/mol. The Morgan fingerprint density at radius 3 is 2.06 bits per heavy atom. The Kier molecular flexibility index (Phi) is 3.88. The van der Waals surface area contributed by atoms with E-state index in [0.29, 0.717) is 5.92 Å². The quantitative estimate of drug-likeness (QED) is 0.820. The van der Waals surface area contributed by atoms with Crippen LogP contribution < -0.4 is 10.5 Å². The third-order valence-corrected chi connectivity index (χ3v) is 2.88. The molecule has 0 saturated carbocycles. The molecule has 0 aliphatic rings. The molecule has 0 aliphatic heterocycles. The minimum Gasteiger partial charge on any atom is -0.485 e. The number of hydrogen-bond acceptors (Lipinski definition) is 2. The summed E-state index contributed by atoms with van der Waals surface area (Å²) in [6.07, 6.45) is 0.0647. The lowest BCUT2D eigenvalue weighted by Gasteiger charge is -2.23. The van der Waals surface area contributed by atoms with Crippen LogP contribution in [0.15, 0.2) is 54.6 Å². The molecule has 0 aliphatic carbocycles. The molecule has 1 atom stereocenters. The second-order valence-corrected chi connectivity index (χ2v) is 4.76. The monoisotopic (exact) mass is 241 g/mol. The summed E-state index contributed by atoms with van der Waals surface area (Å²) in [4.78, 5) is 0. The van der Waals surface area contributed by atoms with Crippen LogP contribution >= 0.6 is 0 Å². The van der Waals surface area contributed by atoms with Gasteiger partial charge in [-0.2, -0.15) is 0 Å². The van der Waals surface area contributed by atoms with Gasteiger partial charge >= 0.3 is 0 Å². The van der Waals surface area contributed by atoms with Gasteiger partial charge in [0.15, 0.2) is 0 Å². The number of anilines is 1. The number of rotatable bonds is 4. The van der Waals surface area contributed by atoms with Crippen LogP contribution in [0.4, 0.5) is 5.69 Å². The van der Waals surface area contributed by atoms with Gasteiger partial charge in [0.2, 0.25) is 0 Å². The van der Waals surface area contributed by atoms with Crippen molar-refractivity contribution in [3.05, 3.63) is 60.2 Å². The third-order valence-electron chi connectivity index (χ3n) is 2.88. The van der Waals surface area contributed by atoms with Crippen LogP contribution in [0.2, 0.25) is 0 Å². The Hall–Kier alpha value is -1.96. The van der Waals surface area contributed by atoms with Crippen LogP contribution in [0.25, 0.3) is 0 Å². The van der Waals surface area contributed by atoms with E-state index in [4.69, 9.17) is 10.5 Å². The summed E-state index contributed by atoms with van der Waals surface area (Å²) in [5.74, 6) is 1.26. The van der Waals surface area contributed by atoms with Gasteiger partial charge in [-0.3, -0.25) is 0 Å². The molecule has 0 amide bonds. The maximum Gasteiger partial charge on any atom is 0.126 e. The SMILES string of the molecule is CC(C)C(Oc1ccc(N)cc1)c1ccccc1. The first kappa shape index (κ1) is 12.5. The van der Waals surface area contributed by atoms with Crippen LogP contribution in [0.1, 0.15) is 25.5 Å². The summed E-state index contributed by atoms with van der Waals surface area (Å²) in [6.45, 7) is 4.32. The smallest absolute Gasteiger partial charge is 0.126 e. The van der Waals surface area contributed by atoms with Gasteiger partial charge in [-0.05, 0) is 35.7 Å². The van der Waals surface area contributed by atoms with Crippen molar-refractivity contribution in [2.24, 2.45) is 5.92 Å². The van der Waals surface area contributed by atoms with Gasteiger partial charge in [-0.15, -0.1) is 0 Å². The minimum atomic E-state index is 0.0647. The van der Waals surface area contributed by atoms with Crippen LogP contribution in [-0.2, 0) is 0 Å². The summed E-state index contributed by atoms with van der Waals surface area (Å²) in [7, 11) is 0. The van der Waals surface area contributed by atoms with Crippen molar-refractivity contribution in [3.63, 3.8) is 0 Å². The van der Waals surface area contributed by atoms with Crippen molar-refractivity contribution in [2.45, 2.75) is 20.0 Å². The summed E-state index contributed by atoms with van der Waals surface area (Å²) < 4.78 is 6.06. The molecule has 2 N–H and O–H groups in total. The molecular weight excluding hydrogens is 222 g/mol. The molecular formula is C16H19NO. The van der Waals surface area contributed by atoms with E-state index < -0.39 is 0 Å². The van der Waals surface area contributed by atoms with E-state index in [-0.39, 0.29) is 6.10 Å². The van der Waals surface area contributed by atoms with Gasteiger partial charge in [0, 0.05) is 5.69 Å². The zero-order valence-corrected chi connectivity index (χ0v) is 10.8. The molecule has 18 heavy (non-hydrogen) atoms. The molecule has 0 saturated heterocycles. The summed E-state index contributed by atoms with van der Waals surface area (Å²) in [5, 5.41) is 0. The fraction of sp³-hybridized carbons (Fsp3) is 0.250. The highest BCUT2D eigenvalue weighted by atomic mass is 16.5. The lowest BCUT2D eigenvalue weighted by Crippen LogP contribution is -2.14.